The van der Waals surface area contributed by atoms with Crippen molar-refractivity contribution in [2.24, 2.45) is 0 Å². The summed E-state index contributed by atoms with van der Waals surface area (Å²) in [7, 11) is 5.79. The summed E-state index contributed by atoms with van der Waals surface area (Å²) in [6, 6.07) is 0. The van der Waals surface area contributed by atoms with Gasteiger partial charge < -0.3 is 20.3 Å². The fourth-order valence-electron chi connectivity index (χ4n) is 1.59. The Morgan fingerprint density at radius 1 is 1.28 bits per heavy atom. The molecule has 2 aliphatic heterocycles. The molecule has 0 aromatic rings. The van der Waals surface area contributed by atoms with E-state index in [0.29, 0.717) is 0 Å². The van der Waals surface area contributed by atoms with Crippen LogP contribution in [-0.2, 0) is 4.74 Å². The molecule has 5 heteroatoms. The first-order valence-electron chi connectivity index (χ1n) is 6.32. The van der Waals surface area contributed by atoms with E-state index in [2.05, 4.69) is 5.32 Å². The Hall–Kier alpha value is -0.355. The summed E-state index contributed by atoms with van der Waals surface area (Å²) in [6.45, 7) is 8.78. The zero-order valence-electron chi connectivity index (χ0n) is 11.8. The van der Waals surface area contributed by atoms with Crippen molar-refractivity contribution in [1.82, 2.24) is 5.32 Å². The van der Waals surface area contributed by atoms with Crippen molar-refractivity contribution in [2.45, 2.75) is 50.9 Å². The molecule has 1 fully saturated rings. The molecule has 2 aliphatic rings. The first kappa shape index (κ1) is 15.7. The number of hydrogen-bond donors (Lipinski definition) is 3. The van der Waals surface area contributed by atoms with Gasteiger partial charge >= 0.3 is 0 Å². The van der Waals surface area contributed by atoms with Gasteiger partial charge in [0.2, 0.25) is 0 Å². The molecule has 2 radical (unpaired) electrons. The summed E-state index contributed by atoms with van der Waals surface area (Å²) in [6.07, 6.45) is 3.06. The van der Waals surface area contributed by atoms with Gasteiger partial charge in [-0.3, -0.25) is 0 Å². The molecular formula is C13H24BNO3. The predicted molar refractivity (Wildman–Crippen MR) is 72.6 cm³/mol. The minimum Gasteiger partial charge on any atom is -0.387 e. The molecule has 0 saturated carbocycles. The minimum absolute atomic E-state index is 0.0139. The van der Waals surface area contributed by atoms with E-state index in [1.54, 1.807) is 27.7 Å². The SMILES string of the molecule is CC(C)(O)C(C)(C)O.[B]C1=CCNC12CCOC2. The highest BCUT2D eigenvalue weighted by Crippen LogP contribution is 2.27. The Bertz CT molecular complexity index is 297. The van der Waals surface area contributed by atoms with Crippen molar-refractivity contribution in [1.29, 1.82) is 0 Å². The van der Waals surface area contributed by atoms with Crippen LogP contribution in [0.25, 0.3) is 0 Å². The lowest BCUT2D eigenvalue weighted by Crippen LogP contribution is -2.44. The third kappa shape index (κ3) is 3.57. The fraction of sp³-hybridized carbons (Fsp3) is 0.846. The Morgan fingerprint density at radius 3 is 2.11 bits per heavy atom. The second-order valence-electron chi connectivity index (χ2n) is 6.04. The average Bonchev–Trinajstić information content (AvgIpc) is 2.77. The maximum atomic E-state index is 9.10. The molecule has 0 aromatic carbocycles. The molecule has 1 unspecified atom stereocenters. The highest BCUT2D eigenvalue weighted by molar-refractivity contribution is 6.23. The predicted octanol–water partition coefficient (Wildman–Crippen LogP) is 0.329. The topological polar surface area (TPSA) is 61.7 Å². The Balaban J connectivity index is 0.000000187. The molecule has 1 spiro atoms. The normalized spacial score (nSPS) is 28.0. The standard InChI is InChI=1S/C7H10BNO.C6H14O2/c8-6-1-3-9-7(6)2-4-10-5-7;1-5(2,7)6(3,4)8/h1,9H,2-5H2;7-8H,1-4H3. The number of hydrogen-bond acceptors (Lipinski definition) is 4. The Morgan fingerprint density at radius 2 is 1.83 bits per heavy atom. The van der Waals surface area contributed by atoms with E-state index < -0.39 is 11.2 Å². The van der Waals surface area contributed by atoms with Gasteiger partial charge in [-0.1, -0.05) is 11.5 Å². The number of nitrogens with one attached hydrogen (secondary N) is 1. The number of aliphatic hydroxyl groups is 2. The maximum Gasteiger partial charge on any atom is 0.110 e. The Kier molecular flexibility index (Phi) is 4.65. The van der Waals surface area contributed by atoms with Crippen LogP contribution in [0.15, 0.2) is 11.5 Å². The highest BCUT2D eigenvalue weighted by atomic mass is 16.5. The van der Waals surface area contributed by atoms with Crippen molar-refractivity contribution in [3.8, 4) is 0 Å². The van der Waals surface area contributed by atoms with Gasteiger partial charge in [-0.05, 0) is 34.1 Å². The molecule has 0 aliphatic carbocycles. The largest absolute Gasteiger partial charge is 0.387 e. The van der Waals surface area contributed by atoms with Crippen molar-refractivity contribution in [3.63, 3.8) is 0 Å². The quantitative estimate of drug-likeness (QED) is 0.589. The lowest BCUT2D eigenvalue weighted by molar-refractivity contribution is -0.107. The summed E-state index contributed by atoms with van der Waals surface area (Å²) >= 11 is 0. The highest BCUT2D eigenvalue weighted by Gasteiger charge is 2.37. The molecular weight excluding hydrogens is 229 g/mol. The maximum absolute atomic E-state index is 9.10. The second-order valence-corrected chi connectivity index (χ2v) is 6.04. The number of ether oxygens (including phenoxy) is 1. The minimum atomic E-state index is -1.01. The average molecular weight is 253 g/mol. The van der Waals surface area contributed by atoms with Crippen molar-refractivity contribution in [2.75, 3.05) is 19.8 Å². The lowest BCUT2D eigenvalue weighted by atomic mass is 9.78. The van der Waals surface area contributed by atoms with E-state index in [1.807, 2.05) is 6.08 Å². The fourth-order valence-corrected chi connectivity index (χ4v) is 1.59. The van der Waals surface area contributed by atoms with E-state index >= 15 is 0 Å². The van der Waals surface area contributed by atoms with Crippen LogP contribution >= 0.6 is 0 Å². The van der Waals surface area contributed by atoms with Crippen LogP contribution in [0.4, 0.5) is 0 Å². The molecule has 0 amide bonds. The zero-order valence-corrected chi connectivity index (χ0v) is 11.8. The van der Waals surface area contributed by atoms with Crippen LogP contribution in [0, 0.1) is 0 Å². The molecule has 0 bridgehead atoms. The first-order valence-corrected chi connectivity index (χ1v) is 6.32. The van der Waals surface area contributed by atoms with Crippen LogP contribution in [0.1, 0.15) is 34.1 Å². The molecule has 1 atom stereocenters. The molecule has 2 heterocycles. The van der Waals surface area contributed by atoms with E-state index in [0.717, 1.165) is 31.7 Å². The van der Waals surface area contributed by atoms with Crippen LogP contribution in [0.3, 0.4) is 0 Å². The van der Waals surface area contributed by atoms with Crippen molar-refractivity contribution < 1.29 is 14.9 Å². The van der Waals surface area contributed by atoms with Gasteiger partial charge in [0.25, 0.3) is 0 Å². The van der Waals surface area contributed by atoms with Crippen LogP contribution < -0.4 is 5.32 Å². The molecule has 3 N–H and O–H groups in total. The summed E-state index contributed by atoms with van der Waals surface area (Å²) in [5.74, 6) is 0. The molecule has 2 rings (SSSR count). The summed E-state index contributed by atoms with van der Waals surface area (Å²) in [4.78, 5) is 0. The van der Waals surface area contributed by atoms with Gasteiger partial charge in [0, 0.05) is 13.2 Å². The van der Waals surface area contributed by atoms with Gasteiger partial charge in [0.15, 0.2) is 0 Å². The first-order chi connectivity index (χ1) is 8.08. The van der Waals surface area contributed by atoms with Gasteiger partial charge in [-0.2, -0.15) is 0 Å². The third-order valence-electron chi connectivity index (χ3n) is 3.83. The molecule has 1 saturated heterocycles. The van der Waals surface area contributed by atoms with Crippen LogP contribution in [-0.4, -0.2) is 54.6 Å². The molecule has 18 heavy (non-hydrogen) atoms. The van der Waals surface area contributed by atoms with Crippen molar-refractivity contribution in [3.05, 3.63) is 11.5 Å². The summed E-state index contributed by atoms with van der Waals surface area (Å²) in [5.41, 5.74) is -1.04. The smallest absolute Gasteiger partial charge is 0.110 e. The van der Waals surface area contributed by atoms with Gasteiger partial charge in [-0.25, -0.2) is 0 Å². The lowest BCUT2D eigenvalue weighted by Gasteiger charge is -2.31. The monoisotopic (exact) mass is 253 g/mol. The van der Waals surface area contributed by atoms with E-state index in [-0.39, 0.29) is 5.54 Å². The zero-order chi connectivity index (χ0) is 14.0. The van der Waals surface area contributed by atoms with Gasteiger partial charge in [0.05, 0.1) is 23.3 Å². The summed E-state index contributed by atoms with van der Waals surface area (Å²) < 4.78 is 5.27. The van der Waals surface area contributed by atoms with Gasteiger partial charge in [0.1, 0.15) is 7.85 Å². The second kappa shape index (κ2) is 5.33. The van der Waals surface area contributed by atoms with E-state index in [9.17, 15) is 0 Å². The van der Waals surface area contributed by atoms with E-state index in [4.69, 9.17) is 22.8 Å². The van der Waals surface area contributed by atoms with Crippen LogP contribution in [0.5, 0.6) is 0 Å². The molecule has 0 aromatic heterocycles. The van der Waals surface area contributed by atoms with Crippen molar-refractivity contribution >= 4 is 7.85 Å². The molecule has 102 valence electrons. The number of rotatable bonds is 1. The molecule has 4 nitrogen and oxygen atoms in total. The summed E-state index contributed by atoms with van der Waals surface area (Å²) in [5, 5.41) is 21.5. The van der Waals surface area contributed by atoms with Gasteiger partial charge in [-0.15, -0.1) is 0 Å². The third-order valence-corrected chi connectivity index (χ3v) is 3.83. The van der Waals surface area contributed by atoms with Crippen LogP contribution in [0.2, 0.25) is 0 Å². The Labute approximate surface area is 111 Å². The van der Waals surface area contributed by atoms with E-state index in [1.165, 1.54) is 0 Å².